The molecule has 0 amide bonds. The van der Waals surface area contributed by atoms with Crippen LogP contribution in [0.25, 0.3) is 11.1 Å². The molecule has 0 unspecified atom stereocenters. The van der Waals surface area contributed by atoms with E-state index in [-0.39, 0.29) is 33.9 Å². The molecule has 0 saturated carbocycles. The summed E-state index contributed by atoms with van der Waals surface area (Å²) < 4.78 is 69.2. The largest absolute Gasteiger partial charge is 0.507 e. The predicted octanol–water partition coefficient (Wildman–Crippen LogP) is 3.53. The second-order valence-electron chi connectivity index (χ2n) is 8.95. The van der Waals surface area contributed by atoms with Crippen LogP contribution in [0.15, 0.2) is 82.6 Å². The number of carboxylic acid groups (broad SMARTS) is 2. The zero-order valence-corrected chi connectivity index (χ0v) is 23.5. The fourth-order valence-corrected chi connectivity index (χ4v) is 5.39. The van der Waals surface area contributed by atoms with Gasteiger partial charge in [-0.05, 0) is 60.7 Å². The molecule has 0 aliphatic rings. The standard InChI is InChI=1S/C26H22N4O12S2/c31-21-7-3-13(9-19(21)25(33)34)27-29-15-1-5-17(23(11-15)43(37,38)39)18-6-2-16(12-24(18)44(40,41)42)30-28-14-4-8-22(32)20(10-14)26(35)36/h1-12,27-32H,(H,33,34)(H,35,36)(H,37,38,39)(H,40,41,42). The smallest absolute Gasteiger partial charge is 0.339 e. The molecule has 18 heteroatoms. The number of anilines is 4. The Morgan fingerprint density at radius 2 is 0.795 bits per heavy atom. The number of phenols is 2. The van der Waals surface area contributed by atoms with Crippen LogP contribution in [-0.4, -0.2) is 58.3 Å². The first-order chi connectivity index (χ1) is 20.5. The first kappa shape index (κ1) is 31.4. The van der Waals surface area contributed by atoms with Crippen molar-refractivity contribution in [3.8, 4) is 22.6 Å². The minimum absolute atomic E-state index is 0.0249. The summed E-state index contributed by atoms with van der Waals surface area (Å²) >= 11 is 0. The molecule has 0 heterocycles. The number of rotatable bonds is 11. The summed E-state index contributed by atoms with van der Waals surface area (Å²) in [6.07, 6.45) is 0. The minimum atomic E-state index is -5.00. The Morgan fingerprint density at radius 3 is 1.09 bits per heavy atom. The molecule has 4 rings (SSSR count). The molecule has 0 radical (unpaired) electrons. The predicted molar refractivity (Wildman–Crippen MR) is 156 cm³/mol. The molecule has 4 aromatic carbocycles. The van der Waals surface area contributed by atoms with Gasteiger partial charge in [0.15, 0.2) is 0 Å². The quantitative estimate of drug-likeness (QED) is 0.0634. The van der Waals surface area contributed by atoms with Crippen molar-refractivity contribution in [1.29, 1.82) is 0 Å². The second kappa shape index (κ2) is 12.0. The third-order valence-corrected chi connectivity index (χ3v) is 7.75. The van der Waals surface area contributed by atoms with E-state index in [0.29, 0.717) is 0 Å². The zero-order valence-electron chi connectivity index (χ0n) is 21.9. The topological polar surface area (TPSA) is 272 Å². The van der Waals surface area contributed by atoms with Gasteiger partial charge in [-0.1, -0.05) is 12.1 Å². The molecule has 0 spiro atoms. The van der Waals surface area contributed by atoms with E-state index in [9.17, 15) is 45.7 Å². The molecule has 0 aliphatic heterocycles. The van der Waals surface area contributed by atoms with Gasteiger partial charge in [-0.3, -0.25) is 9.11 Å². The van der Waals surface area contributed by atoms with Crippen LogP contribution in [0.3, 0.4) is 0 Å². The number of hydrogen-bond acceptors (Lipinski definition) is 12. The van der Waals surface area contributed by atoms with E-state index in [0.717, 1.165) is 48.5 Å². The first-order valence-electron chi connectivity index (χ1n) is 11.9. The van der Waals surface area contributed by atoms with E-state index in [2.05, 4.69) is 21.7 Å². The summed E-state index contributed by atoms with van der Waals surface area (Å²) in [7, 11) is -9.99. The average molecular weight is 647 g/mol. The maximum absolute atomic E-state index is 12.3. The molecule has 0 atom stereocenters. The van der Waals surface area contributed by atoms with E-state index >= 15 is 0 Å². The van der Waals surface area contributed by atoms with Gasteiger partial charge in [0.2, 0.25) is 0 Å². The highest BCUT2D eigenvalue weighted by molar-refractivity contribution is 7.86. The third kappa shape index (κ3) is 7.07. The van der Waals surface area contributed by atoms with Gasteiger partial charge in [0.1, 0.15) is 32.4 Å². The van der Waals surface area contributed by atoms with E-state index in [1.54, 1.807) is 0 Å². The van der Waals surface area contributed by atoms with Gasteiger partial charge in [-0.2, -0.15) is 16.8 Å². The highest BCUT2D eigenvalue weighted by Gasteiger charge is 2.24. The molecule has 0 saturated heterocycles. The summed E-state index contributed by atoms with van der Waals surface area (Å²) in [6, 6.07) is 13.8. The number of hydrazine groups is 2. The lowest BCUT2D eigenvalue weighted by atomic mass is 10.0. The number of aromatic carboxylic acids is 2. The number of benzene rings is 4. The first-order valence-corrected chi connectivity index (χ1v) is 14.8. The van der Waals surface area contributed by atoms with Crippen LogP contribution in [0.1, 0.15) is 20.7 Å². The molecule has 4 aromatic rings. The molecule has 0 bridgehead atoms. The number of carbonyl (C=O) groups is 2. The van der Waals surface area contributed by atoms with E-state index < -0.39 is 64.6 Å². The van der Waals surface area contributed by atoms with Crippen LogP contribution in [0.4, 0.5) is 22.7 Å². The van der Waals surface area contributed by atoms with Crippen LogP contribution in [-0.2, 0) is 20.2 Å². The Balaban J connectivity index is 1.67. The van der Waals surface area contributed by atoms with Gasteiger partial charge in [-0.25, -0.2) is 9.59 Å². The normalized spacial score (nSPS) is 11.4. The van der Waals surface area contributed by atoms with Crippen molar-refractivity contribution in [2.24, 2.45) is 0 Å². The van der Waals surface area contributed by atoms with Crippen molar-refractivity contribution in [3.05, 3.63) is 83.9 Å². The maximum atomic E-state index is 12.3. The number of carboxylic acids is 2. The van der Waals surface area contributed by atoms with Crippen molar-refractivity contribution in [3.63, 3.8) is 0 Å². The van der Waals surface area contributed by atoms with E-state index in [1.165, 1.54) is 24.3 Å². The Labute approximate surface area is 248 Å². The summed E-state index contributed by atoms with van der Waals surface area (Å²) in [5.41, 5.74) is 9.34. The van der Waals surface area contributed by atoms with Gasteiger partial charge < -0.3 is 42.1 Å². The lowest BCUT2D eigenvalue weighted by molar-refractivity contribution is 0.0682. The number of nitrogens with one attached hydrogen (secondary N) is 4. The van der Waals surface area contributed by atoms with Crippen LogP contribution in [0, 0.1) is 0 Å². The van der Waals surface area contributed by atoms with E-state index in [4.69, 9.17) is 10.2 Å². The summed E-state index contributed by atoms with van der Waals surface area (Å²) in [6.45, 7) is 0. The van der Waals surface area contributed by atoms with Crippen molar-refractivity contribution in [2.45, 2.75) is 9.79 Å². The Morgan fingerprint density at radius 1 is 0.500 bits per heavy atom. The molecular weight excluding hydrogens is 624 g/mol. The SMILES string of the molecule is O=C(O)c1cc(NNc2ccc(-c3ccc(NNc4ccc(O)c(C(=O)O)c4)cc3S(=O)(=O)O)c(S(=O)(=O)O)c2)ccc1O. The summed E-state index contributed by atoms with van der Waals surface area (Å²) in [5.74, 6) is -3.77. The van der Waals surface area contributed by atoms with Crippen LogP contribution in [0.5, 0.6) is 11.5 Å². The number of hydrogen-bond donors (Lipinski definition) is 10. The second-order valence-corrected chi connectivity index (χ2v) is 11.7. The van der Waals surface area contributed by atoms with Gasteiger partial charge in [0, 0.05) is 11.1 Å². The van der Waals surface area contributed by atoms with Gasteiger partial charge in [0.05, 0.1) is 22.7 Å². The Bertz CT molecular complexity index is 1870. The summed E-state index contributed by atoms with van der Waals surface area (Å²) in [5, 5.41) is 37.6. The van der Waals surface area contributed by atoms with E-state index in [1.807, 2.05) is 0 Å². The van der Waals surface area contributed by atoms with Crippen LogP contribution < -0.4 is 21.7 Å². The molecule has 0 fully saturated rings. The lowest BCUT2D eigenvalue weighted by Gasteiger charge is -2.16. The Hall–Kier alpha value is -5.56. The molecule has 10 N–H and O–H groups in total. The van der Waals surface area contributed by atoms with Crippen molar-refractivity contribution in [2.75, 3.05) is 21.7 Å². The Kier molecular flexibility index (Phi) is 8.54. The molecule has 44 heavy (non-hydrogen) atoms. The average Bonchev–Trinajstić information content (AvgIpc) is 2.95. The van der Waals surface area contributed by atoms with Crippen LogP contribution in [0.2, 0.25) is 0 Å². The number of aromatic hydroxyl groups is 2. The van der Waals surface area contributed by atoms with Gasteiger partial charge in [-0.15, -0.1) is 0 Å². The molecule has 230 valence electrons. The van der Waals surface area contributed by atoms with Crippen molar-refractivity contribution < 1.29 is 56.0 Å². The van der Waals surface area contributed by atoms with Crippen LogP contribution >= 0.6 is 0 Å². The van der Waals surface area contributed by atoms with Crippen molar-refractivity contribution in [1.82, 2.24) is 0 Å². The molecule has 16 nitrogen and oxygen atoms in total. The monoisotopic (exact) mass is 646 g/mol. The fraction of sp³-hybridized carbons (Fsp3) is 0. The molecular formula is C26H22N4O12S2. The van der Waals surface area contributed by atoms with Gasteiger partial charge >= 0.3 is 11.9 Å². The third-order valence-electron chi connectivity index (χ3n) is 5.97. The molecule has 0 aromatic heterocycles. The minimum Gasteiger partial charge on any atom is -0.507 e. The maximum Gasteiger partial charge on any atom is 0.339 e. The molecule has 0 aliphatic carbocycles. The van der Waals surface area contributed by atoms with Gasteiger partial charge in [0.25, 0.3) is 20.2 Å². The lowest BCUT2D eigenvalue weighted by Crippen LogP contribution is -2.12. The fourth-order valence-electron chi connectivity index (χ4n) is 3.93. The van der Waals surface area contributed by atoms with Crippen molar-refractivity contribution >= 4 is 54.9 Å². The highest BCUT2D eigenvalue weighted by Crippen LogP contribution is 2.36. The zero-order chi connectivity index (χ0) is 32.4. The summed E-state index contributed by atoms with van der Waals surface area (Å²) in [4.78, 5) is 21.0. The highest BCUT2D eigenvalue weighted by atomic mass is 32.2.